The first-order valence-electron chi connectivity index (χ1n) is 9.12. The van der Waals surface area contributed by atoms with Crippen LogP contribution >= 0.6 is 11.3 Å². The summed E-state index contributed by atoms with van der Waals surface area (Å²) in [6.07, 6.45) is 5.46. The van der Waals surface area contributed by atoms with Crippen molar-refractivity contribution >= 4 is 38.7 Å². The Hall–Kier alpha value is -2.87. The van der Waals surface area contributed by atoms with Crippen molar-refractivity contribution in [3.05, 3.63) is 47.4 Å². The second-order valence-electron chi connectivity index (χ2n) is 6.94. The summed E-state index contributed by atoms with van der Waals surface area (Å²) in [7, 11) is 0. The molecule has 8 heteroatoms. The van der Waals surface area contributed by atoms with E-state index in [1.165, 1.54) is 17.4 Å². The highest BCUT2D eigenvalue weighted by Crippen LogP contribution is 2.40. The fourth-order valence-electron chi connectivity index (χ4n) is 3.67. The summed E-state index contributed by atoms with van der Waals surface area (Å²) < 4.78 is 20.3. The van der Waals surface area contributed by atoms with Crippen LogP contribution in [0.5, 0.6) is 5.75 Å². The monoisotopic (exact) mass is 400 g/mol. The average molecular weight is 400 g/mol. The maximum Gasteiger partial charge on any atom is 0.260 e. The Balaban J connectivity index is 1.55. The van der Waals surface area contributed by atoms with E-state index in [1.807, 2.05) is 0 Å². The number of ether oxygens (including phenoxy) is 1. The number of nitrogens with zero attached hydrogens (tertiary/aromatic N) is 2. The summed E-state index contributed by atoms with van der Waals surface area (Å²) in [4.78, 5) is 18.5. The van der Waals surface area contributed by atoms with E-state index in [2.05, 4.69) is 9.88 Å². The number of anilines is 2. The van der Waals surface area contributed by atoms with E-state index in [4.69, 9.17) is 16.2 Å². The fourth-order valence-corrected chi connectivity index (χ4v) is 4.63. The lowest BCUT2D eigenvalue weighted by Crippen LogP contribution is -2.38. The highest BCUT2D eigenvalue weighted by atomic mass is 32.1. The molecule has 146 valence electrons. The number of carbonyl (C=O) groups excluding carboxylic acids is 1. The predicted octanol–water partition coefficient (Wildman–Crippen LogP) is 3.41. The lowest BCUT2D eigenvalue weighted by Gasteiger charge is -2.34. The number of nitrogen functional groups attached to an aromatic ring is 1. The van der Waals surface area contributed by atoms with Gasteiger partial charge in [-0.1, -0.05) is 12.1 Å². The molecular formula is C20H21FN4O2S. The average Bonchev–Trinajstić information content (AvgIpc) is 3.05. The molecular weight excluding hydrogens is 379 g/mol. The van der Waals surface area contributed by atoms with Crippen molar-refractivity contribution in [2.45, 2.75) is 12.8 Å². The van der Waals surface area contributed by atoms with Gasteiger partial charge in [-0.3, -0.25) is 9.78 Å². The van der Waals surface area contributed by atoms with Gasteiger partial charge in [-0.2, -0.15) is 0 Å². The Bertz CT molecular complexity index is 1020. The van der Waals surface area contributed by atoms with Gasteiger partial charge in [0.25, 0.3) is 5.91 Å². The van der Waals surface area contributed by atoms with E-state index in [-0.39, 0.29) is 17.5 Å². The van der Waals surface area contributed by atoms with E-state index in [1.54, 1.807) is 30.6 Å². The molecule has 0 saturated carbocycles. The molecule has 1 fully saturated rings. The van der Waals surface area contributed by atoms with Crippen LogP contribution in [0.2, 0.25) is 0 Å². The Morgan fingerprint density at radius 2 is 2.18 bits per heavy atom. The van der Waals surface area contributed by atoms with Crippen LogP contribution in [-0.4, -0.2) is 30.6 Å². The van der Waals surface area contributed by atoms with Gasteiger partial charge in [-0.05, 0) is 25.0 Å². The number of thiophene rings is 1. The molecule has 4 N–H and O–H groups in total. The third-order valence-corrected chi connectivity index (χ3v) is 6.17. The van der Waals surface area contributed by atoms with Crippen LogP contribution < -0.4 is 21.1 Å². The van der Waals surface area contributed by atoms with Crippen LogP contribution in [-0.2, 0) is 0 Å². The van der Waals surface area contributed by atoms with Crippen molar-refractivity contribution in [3.63, 3.8) is 0 Å². The Morgan fingerprint density at radius 3 is 2.96 bits per heavy atom. The van der Waals surface area contributed by atoms with Crippen molar-refractivity contribution in [2.24, 2.45) is 11.7 Å². The van der Waals surface area contributed by atoms with E-state index >= 15 is 0 Å². The molecule has 4 rings (SSSR count). The molecule has 1 unspecified atom stereocenters. The highest BCUT2D eigenvalue weighted by Gasteiger charge is 2.25. The van der Waals surface area contributed by atoms with Crippen molar-refractivity contribution in [3.8, 4) is 5.75 Å². The number of amides is 1. The molecule has 1 atom stereocenters. The molecule has 2 aromatic heterocycles. The summed E-state index contributed by atoms with van der Waals surface area (Å²) in [6, 6.07) is 6.43. The number of primary amides is 1. The molecule has 0 radical (unpaired) electrons. The summed E-state index contributed by atoms with van der Waals surface area (Å²) in [6.45, 7) is 2.04. The molecule has 1 saturated heterocycles. The number of para-hydroxylation sites is 1. The number of hydrogen-bond donors (Lipinski definition) is 2. The van der Waals surface area contributed by atoms with E-state index < -0.39 is 5.91 Å². The smallest absolute Gasteiger partial charge is 0.260 e. The minimum atomic E-state index is -0.528. The van der Waals surface area contributed by atoms with Crippen LogP contribution in [0.25, 0.3) is 10.1 Å². The van der Waals surface area contributed by atoms with Crippen LogP contribution in [0.15, 0.2) is 36.7 Å². The topological polar surface area (TPSA) is 94.5 Å². The van der Waals surface area contributed by atoms with Crippen LogP contribution in [0.3, 0.4) is 0 Å². The third kappa shape index (κ3) is 3.47. The molecule has 28 heavy (non-hydrogen) atoms. The van der Waals surface area contributed by atoms with Crippen LogP contribution in [0.4, 0.5) is 15.8 Å². The molecule has 1 aromatic carbocycles. The van der Waals surface area contributed by atoms with Crippen molar-refractivity contribution < 1.29 is 13.9 Å². The number of benzene rings is 1. The Morgan fingerprint density at radius 1 is 1.36 bits per heavy atom. The van der Waals surface area contributed by atoms with E-state index in [0.717, 1.165) is 41.7 Å². The van der Waals surface area contributed by atoms with Gasteiger partial charge in [-0.25, -0.2) is 4.39 Å². The van der Waals surface area contributed by atoms with Crippen LogP contribution in [0, 0.1) is 11.7 Å². The van der Waals surface area contributed by atoms with E-state index in [0.29, 0.717) is 17.2 Å². The number of carbonyl (C=O) groups is 1. The molecule has 6 nitrogen and oxygen atoms in total. The number of aromatic nitrogens is 1. The quantitative estimate of drug-likeness (QED) is 0.684. The maximum absolute atomic E-state index is 13.8. The van der Waals surface area contributed by atoms with Crippen molar-refractivity contribution in [2.75, 3.05) is 30.3 Å². The number of hydrogen-bond acceptors (Lipinski definition) is 6. The van der Waals surface area contributed by atoms with Gasteiger partial charge >= 0.3 is 0 Å². The highest BCUT2D eigenvalue weighted by molar-refractivity contribution is 7.21. The molecule has 3 heterocycles. The number of rotatable bonds is 5. The first kappa shape index (κ1) is 18.5. The van der Waals surface area contributed by atoms with Crippen molar-refractivity contribution in [1.29, 1.82) is 0 Å². The molecule has 1 amide bonds. The molecule has 1 aliphatic rings. The first-order chi connectivity index (χ1) is 13.5. The zero-order valence-electron chi connectivity index (χ0n) is 15.2. The normalized spacial score (nSPS) is 17.0. The number of pyridine rings is 1. The number of halogens is 1. The minimum absolute atomic E-state index is 0.249. The van der Waals surface area contributed by atoms with Gasteiger partial charge in [0.2, 0.25) is 0 Å². The maximum atomic E-state index is 13.8. The van der Waals surface area contributed by atoms with Crippen molar-refractivity contribution in [1.82, 2.24) is 4.98 Å². The summed E-state index contributed by atoms with van der Waals surface area (Å²) in [5, 5.41) is 0.824. The molecule has 0 bridgehead atoms. The molecule has 0 spiro atoms. The molecule has 1 aliphatic heterocycles. The van der Waals surface area contributed by atoms with Gasteiger partial charge in [-0.15, -0.1) is 11.3 Å². The Kier molecular flexibility index (Phi) is 5.04. The zero-order valence-corrected chi connectivity index (χ0v) is 16.0. The summed E-state index contributed by atoms with van der Waals surface area (Å²) >= 11 is 1.27. The fraction of sp³-hybridized carbons (Fsp3) is 0.300. The summed E-state index contributed by atoms with van der Waals surface area (Å²) in [5.41, 5.74) is 13.0. The lowest BCUT2D eigenvalue weighted by molar-refractivity contribution is 0.100. The number of nitrogens with two attached hydrogens (primary N) is 2. The first-order valence-corrected chi connectivity index (χ1v) is 9.94. The second-order valence-corrected chi connectivity index (χ2v) is 7.99. The standard InChI is InChI=1S/C20H21FN4O2S/c21-13-5-1-2-6-15(13)27-11-12-4-3-7-25(10-12)14-8-24-9-16-17(14)18(22)19(28-16)20(23)26/h1-2,5-6,8-9,12H,3-4,7,10-11,22H2,(H2,23,26). The minimum Gasteiger partial charge on any atom is -0.490 e. The van der Waals surface area contributed by atoms with Gasteiger partial charge in [0.1, 0.15) is 4.88 Å². The van der Waals surface area contributed by atoms with Gasteiger partial charge < -0.3 is 21.1 Å². The lowest BCUT2D eigenvalue weighted by atomic mass is 9.98. The van der Waals surface area contributed by atoms with Gasteiger partial charge in [0.15, 0.2) is 11.6 Å². The second kappa shape index (κ2) is 7.63. The molecule has 3 aromatic rings. The number of fused-ring (bicyclic) bond motifs is 1. The Labute approximate surface area is 165 Å². The SMILES string of the molecule is NC(=O)c1sc2cncc(N3CCCC(COc4ccccc4F)C3)c2c1N. The summed E-state index contributed by atoms with van der Waals surface area (Å²) in [5.74, 6) is -0.357. The third-order valence-electron chi connectivity index (χ3n) is 5.01. The molecule has 0 aliphatic carbocycles. The van der Waals surface area contributed by atoms with Gasteiger partial charge in [0.05, 0.1) is 28.9 Å². The largest absolute Gasteiger partial charge is 0.490 e. The number of piperidine rings is 1. The predicted molar refractivity (Wildman–Crippen MR) is 109 cm³/mol. The van der Waals surface area contributed by atoms with Gasteiger partial charge in [0, 0.05) is 30.6 Å². The van der Waals surface area contributed by atoms with Crippen LogP contribution in [0.1, 0.15) is 22.5 Å². The van der Waals surface area contributed by atoms with E-state index in [9.17, 15) is 9.18 Å². The zero-order chi connectivity index (χ0) is 19.7.